The molecule has 0 radical (unpaired) electrons. The molecule has 2 aromatic heterocycles. The number of hydrogen-bond donors (Lipinski definition) is 1. The number of thiophene rings is 1. The van der Waals surface area contributed by atoms with Gasteiger partial charge >= 0.3 is 0 Å². The van der Waals surface area contributed by atoms with Crippen LogP contribution in [-0.4, -0.2) is 16.2 Å². The highest BCUT2D eigenvalue weighted by atomic mass is 32.1. The maximum absolute atomic E-state index is 13.1. The van der Waals surface area contributed by atoms with Gasteiger partial charge in [-0.15, -0.1) is 11.3 Å². The van der Waals surface area contributed by atoms with Gasteiger partial charge in [0.25, 0.3) is 0 Å². The Balaban J connectivity index is 1.87. The number of anilines is 1. The minimum absolute atomic E-state index is 0.454. The van der Waals surface area contributed by atoms with Gasteiger partial charge in [-0.2, -0.15) is 5.10 Å². The summed E-state index contributed by atoms with van der Waals surface area (Å²) in [6.45, 7) is 4.03. The Hall–Kier alpha value is -2.41. The van der Waals surface area contributed by atoms with Crippen LogP contribution in [0.25, 0.3) is 10.2 Å². The van der Waals surface area contributed by atoms with Crippen molar-refractivity contribution in [3.63, 3.8) is 0 Å². The molecule has 0 fully saturated rings. The topological polar surface area (TPSA) is 50.2 Å². The Morgan fingerprint density at radius 3 is 2.77 bits per heavy atom. The smallest absolute Gasteiger partial charge is 0.159 e. The average molecular weight is 318 g/mol. The van der Waals surface area contributed by atoms with E-state index in [4.69, 9.17) is 0 Å². The van der Waals surface area contributed by atoms with E-state index < -0.39 is 11.6 Å². The molecule has 0 aliphatic carbocycles. The third-order valence-corrected chi connectivity index (χ3v) is 4.41. The van der Waals surface area contributed by atoms with E-state index in [0.717, 1.165) is 27.9 Å². The molecule has 1 N–H and O–H groups in total. The Morgan fingerprint density at radius 2 is 2.00 bits per heavy atom. The lowest BCUT2D eigenvalue weighted by atomic mass is 10.2. The molecule has 22 heavy (non-hydrogen) atoms. The van der Waals surface area contributed by atoms with E-state index in [2.05, 4.69) is 20.5 Å². The first-order valence-electron chi connectivity index (χ1n) is 6.51. The van der Waals surface area contributed by atoms with Crippen LogP contribution in [0.1, 0.15) is 16.0 Å². The second-order valence-electron chi connectivity index (χ2n) is 4.73. The molecule has 0 atom stereocenters. The standard InChI is InChI=1S/C15H12F2N4S/c1-8-9(2)22-15-13(8)14(18-7-19-15)21-20-6-10-3-4-11(16)12(17)5-10/h3-7H,1-2H3,(H,18,19,21). The fraction of sp³-hybridized carbons (Fsp3) is 0.133. The first kappa shape index (κ1) is 14.5. The monoisotopic (exact) mass is 318 g/mol. The summed E-state index contributed by atoms with van der Waals surface area (Å²) >= 11 is 1.59. The molecule has 3 rings (SSSR count). The second-order valence-corrected chi connectivity index (χ2v) is 5.93. The summed E-state index contributed by atoms with van der Waals surface area (Å²) in [6.07, 6.45) is 2.87. The van der Waals surface area contributed by atoms with Crippen molar-refractivity contribution in [3.05, 3.63) is 52.2 Å². The van der Waals surface area contributed by atoms with Crippen molar-refractivity contribution in [3.8, 4) is 0 Å². The molecule has 0 aliphatic heterocycles. The number of benzene rings is 1. The van der Waals surface area contributed by atoms with E-state index in [-0.39, 0.29) is 0 Å². The molecule has 0 saturated carbocycles. The maximum Gasteiger partial charge on any atom is 0.159 e. The molecule has 3 aromatic rings. The lowest BCUT2D eigenvalue weighted by Gasteiger charge is -2.02. The first-order chi connectivity index (χ1) is 10.6. The van der Waals surface area contributed by atoms with E-state index >= 15 is 0 Å². The van der Waals surface area contributed by atoms with Crippen molar-refractivity contribution in [2.75, 3.05) is 5.43 Å². The van der Waals surface area contributed by atoms with Crippen molar-refractivity contribution in [1.29, 1.82) is 0 Å². The van der Waals surface area contributed by atoms with Crippen molar-refractivity contribution >= 4 is 33.6 Å². The number of aromatic nitrogens is 2. The van der Waals surface area contributed by atoms with Crippen molar-refractivity contribution < 1.29 is 8.78 Å². The van der Waals surface area contributed by atoms with Crippen LogP contribution < -0.4 is 5.43 Å². The molecule has 4 nitrogen and oxygen atoms in total. The molecule has 112 valence electrons. The summed E-state index contributed by atoms with van der Waals surface area (Å²) in [6, 6.07) is 3.58. The molecule has 0 bridgehead atoms. The molecule has 0 aliphatic rings. The SMILES string of the molecule is Cc1sc2ncnc(NN=Cc3ccc(F)c(F)c3)c2c1C. The van der Waals surface area contributed by atoms with Gasteiger partial charge in [0.05, 0.1) is 11.6 Å². The fourth-order valence-corrected chi connectivity index (χ4v) is 3.02. The van der Waals surface area contributed by atoms with Crippen LogP contribution >= 0.6 is 11.3 Å². The molecule has 1 aromatic carbocycles. The zero-order valence-electron chi connectivity index (χ0n) is 11.9. The molecule has 0 unspecified atom stereocenters. The number of nitrogens with zero attached hydrogens (tertiary/aromatic N) is 3. The van der Waals surface area contributed by atoms with Gasteiger partial charge < -0.3 is 0 Å². The quantitative estimate of drug-likeness (QED) is 0.586. The summed E-state index contributed by atoms with van der Waals surface area (Å²) in [5, 5.41) is 4.96. The maximum atomic E-state index is 13.1. The lowest BCUT2D eigenvalue weighted by molar-refractivity contribution is 0.508. The van der Waals surface area contributed by atoms with Gasteiger partial charge in [0.1, 0.15) is 11.2 Å². The van der Waals surface area contributed by atoms with Crippen LogP contribution in [0.4, 0.5) is 14.6 Å². The van der Waals surface area contributed by atoms with E-state index in [1.54, 1.807) is 11.3 Å². The molecule has 2 heterocycles. The van der Waals surface area contributed by atoms with Crippen LogP contribution in [0, 0.1) is 25.5 Å². The lowest BCUT2D eigenvalue weighted by Crippen LogP contribution is -1.96. The highest BCUT2D eigenvalue weighted by molar-refractivity contribution is 7.18. The van der Waals surface area contributed by atoms with E-state index in [1.165, 1.54) is 23.5 Å². The zero-order chi connectivity index (χ0) is 15.7. The van der Waals surface area contributed by atoms with E-state index in [0.29, 0.717) is 11.4 Å². The Labute approximate surface area is 129 Å². The van der Waals surface area contributed by atoms with Gasteiger partial charge in [-0.05, 0) is 37.1 Å². The number of fused-ring (bicyclic) bond motifs is 1. The zero-order valence-corrected chi connectivity index (χ0v) is 12.7. The number of hydrazone groups is 1. The number of aryl methyl sites for hydroxylation is 2. The van der Waals surface area contributed by atoms with Gasteiger partial charge in [-0.25, -0.2) is 18.7 Å². The predicted molar refractivity (Wildman–Crippen MR) is 84.5 cm³/mol. The Kier molecular flexibility index (Phi) is 3.81. The average Bonchev–Trinajstić information content (AvgIpc) is 2.79. The minimum atomic E-state index is -0.905. The van der Waals surface area contributed by atoms with Gasteiger partial charge in [0.2, 0.25) is 0 Å². The molecular formula is C15H12F2N4S. The summed E-state index contributed by atoms with van der Waals surface area (Å²) in [7, 11) is 0. The molecule has 7 heteroatoms. The number of hydrogen-bond acceptors (Lipinski definition) is 5. The summed E-state index contributed by atoms with van der Waals surface area (Å²) in [5.74, 6) is -1.20. The fourth-order valence-electron chi connectivity index (χ4n) is 2.03. The van der Waals surface area contributed by atoms with Crippen LogP contribution in [0.15, 0.2) is 29.6 Å². The number of halogens is 2. The molecule has 0 amide bonds. The summed E-state index contributed by atoms with van der Waals surface area (Å²) in [4.78, 5) is 10.5. The largest absolute Gasteiger partial charge is 0.261 e. The van der Waals surface area contributed by atoms with Crippen LogP contribution in [-0.2, 0) is 0 Å². The molecule has 0 saturated heterocycles. The molecular weight excluding hydrogens is 306 g/mol. The third-order valence-electron chi connectivity index (χ3n) is 3.29. The number of nitrogens with one attached hydrogen (secondary N) is 1. The third kappa shape index (κ3) is 2.67. The van der Waals surface area contributed by atoms with Gasteiger partial charge in [-0.3, -0.25) is 5.43 Å². The minimum Gasteiger partial charge on any atom is -0.261 e. The van der Waals surface area contributed by atoms with Crippen LogP contribution in [0.2, 0.25) is 0 Å². The Morgan fingerprint density at radius 1 is 1.18 bits per heavy atom. The highest BCUT2D eigenvalue weighted by Crippen LogP contribution is 2.32. The second kappa shape index (κ2) is 5.76. The van der Waals surface area contributed by atoms with E-state index in [9.17, 15) is 8.78 Å². The van der Waals surface area contributed by atoms with E-state index in [1.807, 2.05) is 13.8 Å². The van der Waals surface area contributed by atoms with Crippen LogP contribution in [0.3, 0.4) is 0 Å². The number of rotatable bonds is 3. The first-order valence-corrected chi connectivity index (χ1v) is 7.32. The predicted octanol–water partition coefficient (Wildman–Crippen LogP) is 4.03. The van der Waals surface area contributed by atoms with Gasteiger partial charge in [0, 0.05) is 4.88 Å². The normalized spacial score (nSPS) is 11.5. The summed E-state index contributed by atoms with van der Waals surface area (Å²) in [5.41, 5.74) is 4.39. The Bertz CT molecular complexity index is 873. The van der Waals surface area contributed by atoms with Crippen molar-refractivity contribution in [2.45, 2.75) is 13.8 Å². The van der Waals surface area contributed by atoms with Crippen LogP contribution in [0.5, 0.6) is 0 Å². The summed E-state index contributed by atoms with van der Waals surface area (Å²) < 4.78 is 26.0. The molecule has 0 spiro atoms. The van der Waals surface area contributed by atoms with Crippen molar-refractivity contribution in [1.82, 2.24) is 9.97 Å². The van der Waals surface area contributed by atoms with Crippen molar-refractivity contribution in [2.24, 2.45) is 5.10 Å². The highest BCUT2D eigenvalue weighted by Gasteiger charge is 2.11. The van der Waals surface area contributed by atoms with Gasteiger partial charge in [-0.1, -0.05) is 6.07 Å². The van der Waals surface area contributed by atoms with Gasteiger partial charge in [0.15, 0.2) is 17.5 Å².